The maximum Gasteiger partial charge on any atom is 0.449 e. The van der Waals surface area contributed by atoms with Crippen molar-refractivity contribution >= 4 is 22.6 Å². The third-order valence-corrected chi connectivity index (χ3v) is 3.98. The van der Waals surface area contributed by atoms with E-state index in [9.17, 15) is 18.0 Å². The first-order valence-corrected chi connectivity index (χ1v) is 7.51. The van der Waals surface area contributed by atoms with Gasteiger partial charge in [-0.3, -0.25) is 9.48 Å². The minimum atomic E-state index is -4.65. The number of halogens is 3. The van der Waals surface area contributed by atoms with Gasteiger partial charge < -0.3 is 9.88 Å². The van der Waals surface area contributed by atoms with Crippen molar-refractivity contribution in [3.05, 3.63) is 41.5 Å². The highest BCUT2D eigenvalue weighted by atomic mass is 19.4. The molecule has 0 bridgehead atoms. The van der Waals surface area contributed by atoms with Gasteiger partial charge in [0.25, 0.3) is 0 Å². The van der Waals surface area contributed by atoms with Crippen LogP contribution < -0.4 is 5.32 Å². The summed E-state index contributed by atoms with van der Waals surface area (Å²) in [6, 6.07) is 6.19. The van der Waals surface area contributed by atoms with E-state index in [0.29, 0.717) is 11.4 Å². The molecule has 0 aliphatic heterocycles. The lowest BCUT2D eigenvalue weighted by Gasteiger charge is -2.12. The van der Waals surface area contributed by atoms with E-state index in [1.54, 1.807) is 37.7 Å². The van der Waals surface area contributed by atoms with Crippen LogP contribution in [-0.2, 0) is 24.6 Å². The molecular formula is C16H16F3N5O. The smallest absolute Gasteiger partial charge is 0.321 e. The van der Waals surface area contributed by atoms with Crippen LogP contribution in [0.5, 0.6) is 0 Å². The predicted molar refractivity (Wildman–Crippen MR) is 86.0 cm³/mol. The lowest BCUT2D eigenvalue weighted by molar-refractivity contribution is -0.147. The van der Waals surface area contributed by atoms with Crippen LogP contribution in [-0.4, -0.2) is 25.2 Å². The summed E-state index contributed by atoms with van der Waals surface area (Å²) in [5.41, 5.74) is 2.27. The van der Waals surface area contributed by atoms with Gasteiger partial charge in [-0.1, -0.05) is 12.1 Å². The number of aryl methyl sites for hydroxylation is 2. The number of nitrogens with zero attached hydrogens (tertiary/aromatic N) is 4. The van der Waals surface area contributed by atoms with E-state index in [1.807, 2.05) is 0 Å². The summed E-state index contributed by atoms with van der Waals surface area (Å²) in [5.74, 6) is -1.67. The van der Waals surface area contributed by atoms with Crippen LogP contribution in [0.25, 0.3) is 11.0 Å². The Hall–Kier alpha value is -2.84. The van der Waals surface area contributed by atoms with E-state index in [4.69, 9.17) is 0 Å². The number of carbonyl (C=O) groups excluding carboxylic acids is 1. The standard InChI is InChI=1S/C16H16F3N5O/c1-9-14(10(2)23(3)22-9)21-13(25)8-24-12-7-5-4-6-11(12)20-15(24)16(17,18)19/h4-7H,8H2,1-3H3,(H,21,25). The van der Waals surface area contributed by atoms with Crippen LogP contribution in [0.3, 0.4) is 0 Å². The number of hydrogen-bond acceptors (Lipinski definition) is 3. The van der Waals surface area contributed by atoms with Crippen molar-refractivity contribution in [3.63, 3.8) is 0 Å². The third kappa shape index (κ3) is 3.09. The number of fused-ring (bicyclic) bond motifs is 1. The minimum Gasteiger partial charge on any atom is -0.321 e. The number of hydrogen-bond donors (Lipinski definition) is 1. The molecule has 2 heterocycles. The van der Waals surface area contributed by atoms with E-state index < -0.39 is 24.5 Å². The van der Waals surface area contributed by atoms with Gasteiger partial charge in [-0.15, -0.1) is 0 Å². The molecule has 0 radical (unpaired) electrons. The molecule has 132 valence electrons. The van der Waals surface area contributed by atoms with Gasteiger partial charge in [0.15, 0.2) is 0 Å². The van der Waals surface area contributed by atoms with Gasteiger partial charge in [-0.25, -0.2) is 4.98 Å². The highest BCUT2D eigenvalue weighted by Gasteiger charge is 2.38. The van der Waals surface area contributed by atoms with Crippen LogP contribution >= 0.6 is 0 Å². The number of rotatable bonds is 3. The molecule has 6 nitrogen and oxygen atoms in total. The van der Waals surface area contributed by atoms with E-state index in [-0.39, 0.29) is 11.0 Å². The number of alkyl halides is 3. The fourth-order valence-electron chi connectivity index (χ4n) is 2.73. The highest BCUT2D eigenvalue weighted by molar-refractivity contribution is 5.92. The number of imidazole rings is 1. The van der Waals surface area contributed by atoms with Crippen molar-refractivity contribution in [2.45, 2.75) is 26.6 Å². The number of anilines is 1. The molecular weight excluding hydrogens is 335 g/mol. The molecule has 9 heteroatoms. The monoisotopic (exact) mass is 351 g/mol. The molecule has 25 heavy (non-hydrogen) atoms. The zero-order chi connectivity index (χ0) is 18.4. The van der Waals surface area contributed by atoms with Crippen LogP contribution in [0.4, 0.5) is 18.9 Å². The van der Waals surface area contributed by atoms with Gasteiger partial charge in [0.05, 0.1) is 28.1 Å². The average molecular weight is 351 g/mol. The van der Waals surface area contributed by atoms with Crippen LogP contribution in [0.1, 0.15) is 17.2 Å². The first kappa shape index (κ1) is 17.0. The largest absolute Gasteiger partial charge is 0.449 e. The van der Waals surface area contributed by atoms with E-state index in [1.165, 1.54) is 12.1 Å². The molecule has 1 aromatic carbocycles. The first-order chi connectivity index (χ1) is 11.7. The van der Waals surface area contributed by atoms with Crippen molar-refractivity contribution < 1.29 is 18.0 Å². The molecule has 0 unspecified atom stereocenters. The second-order valence-electron chi connectivity index (χ2n) is 5.73. The molecule has 0 fully saturated rings. The van der Waals surface area contributed by atoms with E-state index in [2.05, 4.69) is 15.4 Å². The highest BCUT2D eigenvalue weighted by Crippen LogP contribution is 2.31. The van der Waals surface area contributed by atoms with Gasteiger partial charge in [0.2, 0.25) is 11.7 Å². The fourth-order valence-corrected chi connectivity index (χ4v) is 2.73. The summed E-state index contributed by atoms with van der Waals surface area (Å²) >= 11 is 0. The van der Waals surface area contributed by atoms with Crippen molar-refractivity contribution in [1.82, 2.24) is 19.3 Å². The SMILES string of the molecule is Cc1nn(C)c(C)c1NC(=O)Cn1c(C(F)(F)F)nc2ccccc21. The van der Waals surface area contributed by atoms with Crippen LogP contribution in [0.15, 0.2) is 24.3 Å². The molecule has 0 saturated carbocycles. The number of nitrogens with one attached hydrogen (secondary N) is 1. The normalized spacial score (nSPS) is 11.9. The molecule has 1 N–H and O–H groups in total. The Balaban J connectivity index is 1.96. The Labute approximate surface area is 141 Å². The molecule has 1 amide bonds. The molecule has 0 spiro atoms. The van der Waals surface area contributed by atoms with Gasteiger partial charge in [-0.05, 0) is 26.0 Å². The van der Waals surface area contributed by atoms with Gasteiger partial charge in [-0.2, -0.15) is 18.3 Å². The Bertz CT molecular complexity index is 955. The predicted octanol–water partition coefficient (Wildman–Crippen LogP) is 3.04. The summed E-state index contributed by atoms with van der Waals surface area (Å²) in [7, 11) is 1.73. The van der Waals surface area contributed by atoms with Crippen molar-refractivity contribution in [3.8, 4) is 0 Å². The zero-order valence-corrected chi connectivity index (χ0v) is 13.8. The summed E-state index contributed by atoms with van der Waals surface area (Å²) in [4.78, 5) is 16.0. The van der Waals surface area contributed by atoms with Crippen molar-refractivity contribution in [1.29, 1.82) is 0 Å². The molecule has 0 saturated heterocycles. The molecule has 2 aromatic heterocycles. The van der Waals surface area contributed by atoms with Crippen LogP contribution in [0, 0.1) is 13.8 Å². The Morgan fingerprint density at radius 2 is 1.92 bits per heavy atom. The summed E-state index contributed by atoms with van der Waals surface area (Å²) in [6.45, 7) is 2.99. The number of amides is 1. The summed E-state index contributed by atoms with van der Waals surface area (Å²) < 4.78 is 42.3. The molecule has 0 aliphatic carbocycles. The molecule has 3 rings (SSSR count). The maximum absolute atomic E-state index is 13.3. The van der Waals surface area contributed by atoms with Gasteiger partial charge >= 0.3 is 6.18 Å². The minimum absolute atomic E-state index is 0.191. The summed E-state index contributed by atoms with van der Waals surface area (Å²) in [5, 5.41) is 6.81. The van der Waals surface area contributed by atoms with E-state index >= 15 is 0 Å². The Morgan fingerprint density at radius 3 is 2.52 bits per heavy atom. The number of aromatic nitrogens is 4. The third-order valence-electron chi connectivity index (χ3n) is 3.98. The molecule has 0 atom stereocenters. The van der Waals surface area contributed by atoms with E-state index in [0.717, 1.165) is 10.3 Å². The molecule has 0 aliphatic rings. The lowest BCUT2D eigenvalue weighted by atomic mass is 10.3. The van der Waals surface area contributed by atoms with Crippen molar-refractivity contribution in [2.24, 2.45) is 7.05 Å². The second kappa shape index (κ2) is 5.91. The second-order valence-corrected chi connectivity index (χ2v) is 5.73. The van der Waals surface area contributed by atoms with Gasteiger partial charge in [0, 0.05) is 7.05 Å². The number of benzene rings is 1. The average Bonchev–Trinajstić information content (AvgIpc) is 3.01. The lowest BCUT2D eigenvalue weighted by Crippen LogP contribution is -2.23. The maximum atomic E-state index is 13.3. The first-order valence-electron chi connectivity index (χ1n) is 7.51. The number of carbonyl (C=O) groups is 1. The Kier molecular flexibility index (Phi) is 4.02. The molecule has 3 aromatic rings. The number of para-hydroxylation sites is 2. The Morgan fingerprint density at radius 1 is 1.24 bits per heavy atom. The fraction of sp³-hybridized carbons (Fsp3) is 0.312. The van der Waals surface area contributed by atoms with Gasteiger partial charge in [0.1, 0.15) is 6.54 Å². The van der Waals surface area contributed by atoms with Crippen LogP contribution in [0.2, 0.25) is 0 Å². The zero-order valence-electron chi connectivity index (χ0n) is 13.8. The topological polar surface area (TPSA) is 64.7 Å². The quantitative estimate of drug-likeness (QED) is 0.789. The van der Waals surface area contributed by atoms with Crippen molar-refractivity contribution in [2.75, 3.05) is 5.32 Å². The summed E-state index contributed by atoms with van der Waals surface area (Å²) in [6.07, 6.45) is -4.65.